The molecule has 1 spiro atoms. The van der Waals surface area contributed by atoms with E-state index in [0.717, 1.165) is 13.0 Å². The number of urea groups is 2. The maximum Gasteiger partial charge on any atom is 0.322 e. The summed E-state index contributed by atoms with van der Waals surface area (Å²) in [6.07, 6.45) is 2.98. The lowest BCUT2D eigenvalue weighted by atomic mass is 9.87. The second kappa shape index (κ2) is 12.8. The fourth-order valence-corrected chi connectivity index (χ4v) is 4.43. The molecule has 2 aliphatic rings. The molecule has 12 heteroatoms. The zero-order chi connectivity index (χ0) is 25.6. The van der Waals surface area contributed by atoms with Gasteiger partial charge in [-0.3, -0.25) is 14.9 Å². The normalized spacial score (nSPS) is 16.7. The summed E-state index contributed by atoms with van der Waals surface area (Å²) in [5.74, 6) is 0.462. The van der Waals surface area contributed by atoms with Gasteiger partial charge in [0.15, 0.2) is 5.78 Å². The molecule has 5 amide bonds. The van der Waals surface area contributed by atoms with E-state index in [9.17, 15) is 19.2 Å². The SMILES string of the molecule is COc1cc(OC)c(C(=O)CCCCN2CCC3(CC2)NC(=O)NC3=O)cc1NC(=O)NC(C)C.Cl. The van der Waals surface area contributed by atoms with E-state index in [2.05, 4.69) is 26.2 Å². The number of nitrogens with one attached hydrogen (secondary N) is 4. The van der Waals surface area contributed by atoms with Crippen LogP contribution < -0.4 is 30.7 Å². The van der Waals surface area contributed by atoms with Gasteiger partial charge in [0.25, 0.3) is 5.91 Å². The van der Waals surface area contributed by atoms with Crippen LogP contribution in [0.5, 0.6) is 11.5 Å². The second-order valence-electron chi connectivity index (χ2n) is 9.22. The van der Waals surface area contributed by atoms with E-state index < -0.39 is 11.6 Å². The Hall–Kier alpha value is -3.05. The van der Waals surface area contributed by atoms with Gasteiger partial charge in [-0.25, -0.2) is 9.59 Å². The fraction of sp³-hybridized carbons (Fsp3) is 0.583. The number of carbonyl (C=O) groups excluding carboxylic acids is 4. The number of likely N-dealkylation sites (tertiary alicyclic amines) is 1. The van der Waals surface area contributed by atoms with Crippen molar-refractivity contribution in [3.8, 4) is 11.5 Å². The number of hydrogen-bond donors (Lipinski definition) is 4. The highest BCUT2D eigenvalue weighted by atomic mass is 35.5. The van der Waals surface area contributed by atoms with Crippen molar-refractivity contribution in [2.45, 2.75) is 57.5 Å². The molecule has 200 valence electrons. The molecule has 2 heterocycles. The number of piperidine rings is 1. The van der Waals surface area contributed by atoms with Gasteiger partial charge in [0.05, 0.1) is 25.5 Å². The number of nitrogens with zero attached hydrogens (tertiary/aromatic N) is 1. The lowest BCUT2D eigenvalue weighted by Gasteiger charge is -2.36. The molecule has 0 saturated carbocycles. The average molecular weight is 526 g/mol. The monoisotopic (exact) mass is 525 g/mol. The first kappa shape index (κ1) is 29.2. The smallest absolute Gasteiger partial charge is 0.322 e. The molecule has 2 aliphatic heterocycles. The van der Waals surface area contributed by atoms with Crippen LogP contribution in [-0.2, 0) is 4.79 Å². The lowest BCUT2D eigenvalue weighted by Crippen LogP contribution is -2.54. The van der Waals surface area contributed by atoms with Crippen molar-refractivity contribution in [3.63, 3.8) is 0 Å². The van der Waals surface area contributed by atoms with E-state index in [-0.39, 0.29) is 36.2 Å². The third-order valence-electron chi connectivity index (χ3n) is 6.34. The number of rotatable bonds is 10. The van der Waals surface area contributed by atoms with Gasteiger partial charge in [-0.2, -0.15) is 0 Å². The summed E-state index contributed by atoms with van der Waals surface area (Å²) in [7, 11) is 2.97. The number of anilines is 1. The maximum atomic E-state index is 13.0. The molecule has 4 N–H and O–H groups in total. The number of carbonyl (C=O) groups is 4. The first-order valence-corrected chi connectivity index (χ1v) is 11.9. The third kappa shape index (κ3) is 7.01. The minimum Gasteiger partial charge on any atom is -0.496 e. The van der Waals surface area contributed by atoms with Gasteiger partial charge in [0.1, 0.15) is 17.0 Å². The fourth-order valence-electron chi connectivity index (χ4n) is 4.43. The first-order chi connectivity index (χ1) is 16.7. The highest BCUT2D eigenvalue weighted by Gasteiger charge is 2.47. The Morgan fingerprint density at radius 1 is 1.08 bits per heavy atom. The Morgan fingerprint density at radius 3 is 2.31 bits per heavy atom. The zero-order valence-corrected chi connectivity index (χ0v) is 22.0. The number of Topliss-reactive ketones (excluding diaryl/α,β-unsaturated/α-hetero) is 1. The van der Waals surface area contributed by atoms with Crippen molar-refractivity contribution in [1.29, 1.82) is 0 Å². The molecule has 0 radical (unpaired) electrons. The first-order valence-electron chi connectivity index (χ1n) is 11.9. The van der Waals surface area contributed by atoms with Crippen LogP contribution in [0.1, 0.15) is 56.3 Å². The number of methoxy groups -OCH3 is 2. The molecule has 0 aliphatic carbocycles. The topological polar surface area (TPSA) is 138 Å². The average Bonchev–Trinajstić information content (AvgIpc) is 3.09. The van der Waals surface area contributed by atoms with Crippen LogP contribution in [0, 0.1) is 0 Å². The molecule has 0 bridgehead atoms. The molecule has 0 unspecified atom stereocenters. The van der Waals surface area contributed by atoms with Gasteiger partial charge in [-0.1, -0.05) is 0 Å². The maximum absolute atomic E-state index is 13.0. The molecule has 2 fully saturated rings. The third-order valence-corrected chi connectivity index (χ3v) is 6.34. The van der Waals surface area contributed by atoms with Gasteiger partial charge in [-0.05, 0) is 52.1 Å². The van der Waals surface area contributed by atoms with E-state index in [1.807, 2.05) is 13.8 Å². The number of imide groups is 1. The van der Waals surface area contributed by atoms with Gasteiger partial charge >= 0.3 is 12.1 Å². The quantitative estimate of drug-likeness (QED) is 0.209. The Kier molecular flexibility index (Phi) is 10.4. The largest absolute Gasteiger partial charge is 0.496 e. The Bertz CT molecular complexity index is 978. The van der Waals surface area contributed by atoms with Crippen LogP contribution in [0.4, 0.5) is 15.3 Å². The standard InChI is InChI=1S/C24H35N5O6.ClH/c1-15(2)25-22(32)26-17-13-16(19(34-3)14-20(17)35-4)18(30)7-5-6-10-29-11-8-24(9-12-29)21(31)27-23(33)28-24;/h13-15H,5-12H2,1-4H3,(H2,25,26,32)(H2,27,28,31,33);1H. The molecular formula is C24H36ClN5O6. The highest BCUT2D eigenvalue weighted by Crippen LogP contribution is 2.34. The lowest BCUT2D eigenvalue weighted by molar-refractivity contribution is -0.125. The summed E-state index contributed by atoms with van der Waals surface area (Å²) in [4.78, 5) is 50.9. The number of unbranched alkanes of at least 4 members (excludes halogenated alkanes) is 1. The van der Waals surface area contributed by atoms with Crippen molar-refractivity contribution in [1.82, 2.24) is 20.9 Å². The van der Waals surface area contributed by atoms with Crippen LogP contribution in [0.2, 0.25) is 0 Å². The van der Waals surface area contributed by atoms with Crippen LogP contribution in [-0.4, -0.2) is 74.1 Å². The minimum atomic E-state index is -0.772. The summed E-state index contributed by atoms with van der Waals surface area (Å²) in [6, 6.07) is 2.33. The van der Waals surface area contributed by atoms with E-state index in [1.165, 1.54) is 14.2 Å². The van der Waals surface area contributed by atoms with Gasteiger partial charge in [0, 0.05) is 31.6 Å². The van der Waals surface area contributed by atoms with Crippen LogP contribution in [0.25, 0.3) is 0 Å². The highest BCUT2D eigenvalue weighted by molar-refractivity contribution is 6.07. The molecule has 0 aromatic heterocycles. The van der Waals surface area contributed by atoms with Crippen molar-refractivity contribution >= 4 is 41.8 Å². The molecule has 2 saturated heterocycles. The number of ether oxygens (including phenoxy) is 2. The predicted octanol–water partition coefficient (Wildman–Crippen LogP) is 2.68. The minimum absolute atomic E-state index is 0. The summed E-state index contributed by atoms with van der Waals surface area (Å²) in [5.41, 5.74) is 0.00266. The summed E-state index contributed by atoms with van der Waals surface area (Å²) >= 11 is 0. The van der Waals surface area contributed by atoms with E-state index in [0.29, 0.717) is 61.5 Å². The second-order valence-corrected chi connectivity index (χ2v) is 9.22. The van der Waals surface area contributed by atoms with E-state index in [1.54, 1.807) is 12.1 Å². The van der Waals surface area contributed by atoms with Crippen LogP contribution in [0.3, 0.4) is 0 Å². The molecular weight excluding hydrogens is 490 g/mol. The predicted molar refractivity (Wildman–Crippen MR) is 137 cm³/mol. The number of amides is 5. The van der Waals surface area contributed by atoms with E-state index >= 15 is 0 Å². The van der Waals surface area contributed by atoms with E-state index in [4.69, 9.17) is 9.47 Å². The number of hydrogen-bond acceptors (Lipinski definition) is 7. The number of benzene rings is 1. The van der Waals surface area contributed by atoms with Gasteiger partial charge < -0.3 is 30.3 Å². The van der Waals surface area contributed by atoms with Gasteiger partial charge in [0.2, 0.25) is 0 Å². The molecule has 0 atom stereocenters. The Labute approximate surface area is 217 Å². The molecule has 11 nitrogen and oxygen atoms in total. The Morgan fingerprint density at radius 2 is 1.75 bits per heavy atom. The van der Waals surface area contributed by atoms with Crippen molar-refractivity contribution in [3.05, 3.63) is 17.7 Å². The van der Waals surface area contributed by atoms with Crippen molar-refractivity contribution in [2.24, 2.45) is 0 Å². The van der Waals surface area contributed by atoms with Crippen molar-refractivity contribution in [2.75, 3.05) is 39.2 Å². The van der Waals surface area contributed by atoms with Crippen molar-refractivity contribution < 1.29 is 28.7 Å². The summed E-state index contributed by atoms with van der Waals surface area (Å²) in [5, 5.41) is 10.6. The summed E-state index contributed by atoms with van der Waals surface area (Å²) < 4.78 is 10.8. The summed E-state index contributed by atoms with van der Waals surface area (Å²) in [6.45, 7) is 5.93. The molecule has 1 aromatic rings. The molecule has 3 rings (SSSR count). The zero-order valence-electron chi connectivity index (χ0n) is 21.2. The molecule has 1 aromatic carbocycles. The van der Waals surface area contributed by atoms with Crippen LogP contribution >= 0.6 is 12.4 Å². The number of halogens is 1. The Balaban J connectivity index is 0.00000456. The number of ketones is 1. The van der Waals surface area contributed by atoms with Crippen LogP contribution in [0.15, 0.2) is 12.1 Å². The van der Waals surface area contributed by atoms with Gasteiger partial charge in [-0.15, -0.1) is 12.4 Å². The molecule has 36 heavy (non-hydrogen) atoms.